The van der Waals surface area contributed by atoms with Crippen molar-refractivity contribution in [1.29, 1.82) is 0 Å². The molecule has 1 saturated carbocycles. The largest absolute Gasteiger partial charge is 0.374 e. The molecule has 0 radical (unpaired) electrons. The smallest absolute Gasteiger partial charge is 0.226 e. The summed E-state index contributed by atoms with van der Waals surface area (Å²) >= 11 is 0. The number of ether oxygens (including phenoxy) is 1. The predicted octanol–water partition coefficient (Wildman–Crippen LogP) is 3.17. The van der Waals surface area contributed by atoms with Gasteiger partial charge in [-0.3, -0.25) is 4.79 Å². The van der Waals surface area contributed by atoms with Crippen LogP contribution in [-0.4, -0.2) is 24.2 Å². The first kappa shape index (κ1) is 14.3. The Bertz CT molecular complexity index is 585. The predicted molar refractivity (Wildman–Crippen MR) is 85.6 cm³/mol. The standard InChI is InChI=1S/C19H25NO2/c1-11-4-3-5-13(8-11)16-10-15(16)12(2)20-19(21)17-9-14-6-7-18(17)22-14/h3-5,8,12,14-18H,6-7,9-10H2,1-2H3,(H,20,21)/t12-,14-,15-,16+,17-,18-/m1/s1. The van der Waals surface area contributed by atoms with Crippen LogP contribution in [0.5, 0.6) is 0 Å². The second-order valence-electron chi connectivity index (χ2n) is 7.43. The van der Waals surface area contributed by atoms with Crippen LogP contribution in [0.25, 0.3) is 0 Å². The van der Waals surface area contributed by atoms with Crippen molar-refractivity contribution in [3.8, 4) is 0 Å². The molecule has 0 aromatic heterocycles. The lowest BCUT2D eigenvalue weighted by atomic mass is 9.88. The second-order valence-corrected chi connectivity index (χ2v) is 7.43. The molecule has 0 spiro atoms. The van der Waals surface area contributed by atoms with Crippen molar-refractivity contribution < 1.29 is 9.53 Å². The second kappa shape index (κ2) is 5.38. The number of amides is 1. The highest BCUT2D eigenvalue weighted by molar-refractivity contribution is 5.80. The van der Waals surface area contributed by atoms with Crippen LogP contribution in [0.3, 0.4) is 0 Å². The average Bonchev–Trinajstić information content (AvgIpc) is 3.03. The van der Waals surface area contributed by atoms with Gasteiger partial charge in [-0.1, -0.05) is 29.8 Å². The van der Waals surface area contributed by atoms with Crippen LogP contribution in [0.2, 0.25) is 0 Å². The molecule has 3 fully saturated rings. The molecular formula is C19H25NO2. The van der Waals surface area contributed by atoms with Crippen LogP contribution >= 0.6 is 0 Å². The quantitative estimate of drug-likeness (QED) is 0.927. The molecule has 3 aliphatic rings. The lowest BCUT2D eigenvalue weighted by Crippen LogP contribution is -2.41. The Labute approximate surface area is 132 Å². The Balaban J connectivity index is 1.34. The van der Waals surface area contributed by atoms with E-state index in [4.69, 9.17) is 4.74 Å². The summed E-state index contributed by atoms with van der Waals surface area (Å²) in [7, 11) is 0. The van der Waals surface area contributed by atoms with Crippen LogP contribution in [0, 0.1) is 18.8 Å². The van der Waals surface area contributed by atoms with Gasteiger partial charge in [0.15, 0.2) is 0 Å². The van der Waals surface area contributed by atoms with Crippen LogP contribution in [0.1, 0.15) is 49.7 Å². The van der Waals surface area contributed by atoms with Gasteiger partial charge in [-0.15, -0.1) is 0 Å². The number of nitrogens with one attached hydrogen (secondary N) is 1. The molecule has 1 aliphatic carbocycles. The number of carbonyl (C=O) groups is 1. The zero-order valence-electron chi connectivity index (χ0n) is 13.4. The minimum absolute atomic E-state index is 0.0948. The highest BCUT2D eigenvalue weighted by Gasteiger charge is 2.47. The Kier molecular flexibility index (Phi) is 3.48. The third kappa shape index (κ3) is 2.56. The Hall–Kier alpha value is -1.35. The summed E-state index contributed by atoms with van der Waals surface area (Å²) in [6, 6.07) is 9.04. The van der Waals surface area contributed by atoms with Gasteiger partial charge in [0, 0.05) is 6.04 Å². The first-order valence-corrected chi connectivity index (χ1v) is 8.64. The number of carbonyl (C=O) groups excluding carboxylic acids is 1. The van der Waals surface area contributed by atoms with Gasteiger partial charge >= 0.3 is 0 Å². The normalized spacial score (nSPS) is 37.1. The molecule has 2 heterocycles. The molecule has 118 valence electrons. The number of aryl methyl sites for hydroxylation is 1. The summed E-state index contributed by atoms with van der Waals surface area (Å²) in [5.41, 5.74) is 2.74. The van der Waals surface area contributed by atoms with Gasteiger partial charge in [0.25, 0.3) is 0 Å². The molecular weight excluding hydrogens is 274 g/mol. The van der Waals surface area contributed by atoms with E-state index in [0.29, 0.717) is 17.9 Å². The molecule has 1 aromatic rings. The van der Waals surface area contributed by atoms with E-state index in [9.17, 15) is 4.79 Å². The number of benzene rings is 1. The molecule has 1 amide bonds. The molecule has 22 heavy (non-hydrogen) atoms. The number of rotatable bonds is 4. The van der Waals surface area contributed by atoms with Crippen molar-refractivity contribution in [2.75, 3.05) is 0 Å². The van der Waals surface area contributed by atoms with Gasteiger partial charge in [-0.25, -0.2) is 0 Å². The molecule has 1 aromatic carbocycles. The van der Waals surface area contributed by atoms with Gasteiger partial charge in [0.1, 0.15) is 0 Å². The average molecular weight is 299 g/mol. The third-order valence-corrected chi connectivity index (χ3v) is 5.77. The van der Waals surface area contributed by atoms with Crippen LogP contribution in [0.15, 0.2) is 24.3 Å². The van der Waals surface area contributed by atoms with E-state index < -0.39 is 0 Å². The SMILES string of the molecule is Cc1cccc([C@@H]2C[C@@H]2[C@@H](C)NC(=O)[C@@H]2C[C@H]3CC[C@H]2O3)c1. The highest BCUT2D eigenvalue weighted by atomic mass is 16.5. The summed E-state index contributed by atoms with van der Waals surface area (Å²) in [5.74, 6) is 1.52. The topological polar surface area (TPSA) is 38.3 Å². The fraction of sp³-hybridized carbons (Fsp3) is 0.632. The Morgan fingerprint density at radius 3 is 2.86 bits per heavy atom. The van der Waals surface area contributed by atoms with Crippen LogP contribution < -0.4 is 5.32 Å². The molecule has 2 bridgehead atoms. The van der Waals surface area contributed by atoms with Gasteiger partial charge in [0.2, 0.25) is 5.91 Å². The Morgan fingerprint density at radius 2 is 2.18 bits per heavy atom. The summed E-state index contributed by atoms with van der Waals surface area (Å²) < 4.78 is 5.81. The van der Waals surface area contributed by atoms with E-state index in [2.05, 4.69) is 43.4 Å². The summed E-state index contributed by atoms with van der Waals surface area (Å²) in [6.07, 6.45) is 4.85. The maximum atomic E-state index is 12.5. The van der Waals surface area contributed by atoms with E-state index in [0.717, 1.165) is 19.3 Å². The summed E-state index contributed by atoms with van der Waals surface area (Å²) in [6.45, 7) is 4.30. The maximum absolute atomic E-state index is 12.5. The van der Waals surface area contributed by atoms with Crippen LogP contribution in [-0.2, 0) is 9.53 Å². The first-order chi connectivity index (χ1) is 10.6. The summed E-state index contributed by atoms with van der Waals surface area (Å²) in [5, 5.41) is 3.26. The van der Waals surface area contributed by atoms with Crippen molar-refractivity contribution in [3.63, 3.8) is 0 Å². The molecule has 4 rings (SSSR count). The minimum atomic E-state index is 0.0948. The number of fused-ring (bicyclic) bond motifs is 2. The van der Waals surface area contributed by atoms with Gasteiger partial charge in [-0.2, -0.15) is 0 Å². The number of hydrogen-bond donors (Lipinski definition) is 1. The van der Waals surface area contributed by atoms with Crippen molar-refractivity contribution >= 4 is 5.91 Å². The zero-order chi connectivity index (χ0) is 15.3. The van der Waals surface area contributed by atoms with Crippen LogP contribution in [0.4, 0.5) is 0 Å². The first-order valence-electron chi connectivity index (χ1n) is 8.64. The van der Waals surface area contributed by atoms with E-state index in [1.807, 2.05) is 0 Å². The monoisotopic (exact) mass is 299 g/mol. The van der Waals surface area contributed by atoms with Gasteiger partial charge in [-0.05, 0) is 56.9 Å². The molecule has 1 N–H and O–H groups in total. The van der Waals surface area contributed by atoms with Gasteiger partial charge < -0.3 is 10.1 Å². The maximum Gasteiger partial charge on any atom is 0.226 e. The minimum Gasteiger partial charge on any atom is -0.374 e. The fourth-order valence-corrected chi connectivity index (χ4v) is 4.40. The highest BCUT2D eigenvalue weighted by Crippen LogP contribution is 2.49. The van der Waals surface area contributed by atoms with Crippen molar-refractivity contribution in [1.82, 2.24) is 5.32 Å². The van der Waals surface area contributed by atoms with E-state index in [1.165, 1.54) is 17.5 Å². The fourth-order valence-electron chi connectivity index (χ4n) is 4.40. The zero-order valence-corrected chi connectivity index (χ0v) is 13.4. The molecule has 3 nitrogen and oxygen atoms in total. The molecule has 3 heteroatoms. The van der Waals surface area contributed by atoms with Crippen molar-refractivity contribution in [2.45, 2.75) is 63.7 Å². The third-order valence-electron chi connectivity index (χ3n) is 5.77. The lowest BCUT2D eigenvalue weighted by molar-refractivity contribution is -0.127. The molecule has 0 unspecified atom stereocenters. The number of hydrogen-bond acceptors (Lipinski definition) is 2. The lowest BCUT2D eigenvalue weighted by Gasteiger charge is -2.21. The van der Waals surface area contributed by atoms with E-state index in [1.54, 1.807) is 0 Å². The van der Waals surface area contributed by atoms with E-state index >= 15 is 0 Å². The molecule has 6 atom stereocenters. The summed E-state index contributed by atoms with van der Waals surface area (Å²) in [4.78, 5) is 12.5. The van der Waals surface area contributed by atoms with E-state index in [-0.39, 0.29) is 24.0 Å². The van der Waals surface area contributed by atoms with Crippen molar-refractivity contribution in [2.24, 2.45) is 11.8 Å². The molecule has 2 aliphatic heterocycles. The Morgan fingerprint density at radius 1 is 1.32 bits per heavy atom. The molecule has 2 saturated heterocycles. The van der Waals surface area contributed by atoms with Gasteiger partial charge in [0.05, 0.1) is 18.1 Å². The van der Waals surface area contributed by atoms with Crippen molar-refractivity contribution in [3.05, 3.63) is 35.4 Å².